The number of nitrogens with zero attached hydrogens (tertiary/aromatic N) is 3. The zero-order valence-electron chi connectivity index (χ0n) is 21.0. The fourth-order valence-corrected chi connectivity index (χ4v) is 4.50. The number of carbonyl (C=O) groups excluding carboxylic acids is 2. The lowest BCUT2D eigenvalue weighted by Crippen LogP contribution is -2.59. The molecular formula is C27H33F2N3O5. The van der Waals surface area contributed by atoms with Gasteiger partial charge in [-0.25, -0.2) is 8.78 Å². The number of morpholine rings is 2. The molecule has 2 aliphatic rings. The lowest BCUT2D eigenvalue weighted by atomic mass is 9.96. The monoisotopic (exact) mass is 517 g/mol. The van der Waals surface area contributed by atoms with Crippen molar-refractivity contribution >= 4 is 17.5 Å². The van der Waals surface area contributed by atoms with Gasteiger partial charge in [0, 0.05) is 45.3 Å². The summed E-state index contributed by atoms with van der Waals surface area (Å²) in [6, 6.07) is 11.8. The smallest absolute Gasteiger partial charge is 0.225 e. The molecule has 0 bridgehead atoms. The highest BCUT2D eigenvalue weighted by Gasteiger charge is 2.42. The normalized spacial score (nSPS) is 20.0. The Morgan fingerprint density at radius 1 is 0.919 bits per heavy atom. The molecule has 0 unspecified atom stereocenters. The maximum atomic E-state index is 13.3. The van der Waals surface area contributed by atoms with Crippen molar-refractivity contribution in [1.82, 2.24) is 9.80 Å². The Morgan fingerprint density at radius 2 is 1.54 bits per heavy atom. The predicted molar refractivity (Wildman–Crippen MR) is 133 cm³/mol. The fourth-order valence-electron chi connectivity index (χ4n) is 4.50. The number of carbonyl (C=O) groups is 2. The number of ether oxygens (including phenoxy) is 3. The van der Waals surface area contributed by atoms with Gasteiger partial charge in [0.05, 0.1) is 32.8 Å². The molecule has 4 rings (SSSR count). The van der Waals surface area contributed by atoms with Crippen LogP contribution in [0.5, 0.6) is 5.75 Å². The zero-order valence-corrected chi connectivity index (χ0v) is 21.0. The summed E-state index contributed by atoms with van der Waals surface area (Å²) in [5.41, 5.74) is -0.227. The topological polar surface area (TPSA) is 71.6 Å². The summed E-state index contributed by atoms with van der Waals surface area (Å²) in [4.78, 5) is 31.7. The van der Waals surface area contributed by atoms with E-state index < -0.39 is 5.60 Å². The number of anilines is 1. The summed E-state index contributed by atoms with van der Waals surface area (Å²) >= 11 is 0. The Balaban J connectivity index is 1.42. The van der Waals surface area contributed by atoms with Crippen molar-refractivity contribution in [2.24, 2.45) is 0 Å². The molecule has 2 fully saturated rings. The molecular weight excluding hydrogens is 484 g/mol. The minimum absolute atomic E-state index is 0.0357. The summed E-state index contributed by atoms with van der Waals surface area (Å²) in [6.45, 7) is 3.34. The van der Waals surface area contributed by atoms with Crippen LogP contribution in [0.25, 0.3) is 0 Å². The van der Waals surface area contributed by atoms with Crippen LogP contribution in [0.15, 0.2) is 48.5 Å². The van der Waals surface area contributed by atoms with Gasteiger partial charge in [0.25, 0.3) is 0 Å². The van der Waals surface area contributed by atoms with Crippen LogP contribution < -0.4 is 9.64 Å². The minimum atomic E-state index is -1.04. The molecule has 8 nitrogen and oxygen atoms in total. The summed E-state index contributed by atoms with van der Waals surface area (Å²) in [7, 11) is 1.85. The van der Waals surface area contributed by atoms with Gasteiger partial charge >= 0.3 is 0 Å². The Labute approximate surface area is 215 Å². The van der Waals surface area contributed by atoms with Crippen molar-refractivity contribution in [3.8, 4) is 5.75 Å². The van der Waals surface area contributed by atoms with Crippen molar-refractivity contribution in [3.05, 3.63) is 60.2 Å². The molecule has 2 saturated heterocycles. The first kappa shape index (κ1) is 26.8. The number of hydrogen-bond acceptors (Lipinski definition) is 6. The average molecular weight is 518 g/mol. The molecule has 2 heterocycles. The van der Waals surface area contributed by atoms with Gasteiger partial charge in [-0.2, -0.15) is 0 Å². The van der Waals surface area contributed by atoms with Crippen molar-refractivity contribution in [3.63, 3.8) is 0 Å². The number of benzene rings is 2. The van der Waals surface area contributed by atoms with Gasteiger partial charge < -0.3 is 28.9 Å². The minimum Gasteiger partial charge on any atom is -0.490 e. The molecule has 2 aliphatic heterocycles. The second kappa shape index (κ2) is 12.3. The quantitative estimate of drug-likeness (QED) is 0.510. The standard InChI is InChI=1S/C27H33F2N3O5/c1-30(23-6-2-21(28)3-7-23)11-10-25(33)32-14-17-37-27(19-32,18-26(34)31-12-15-35-16-13-31)20-36-24-8-4-22(29)5-9-24/h2-9H,10-20H2,1H3/t27-/m1/s1. The van der Waals surface area contributed by atoms with Crippen LogP contribution in [-0.4, -0.2) is 93.4 Å². The highest BCUT2D eigenvalue weighted by Crippen LogP contribution is 2.26. The van der Waals surface area contributed by atoms with E-state index in [-0.39, 0.29) is 56.0 Å². The van der Waals surface area contributed by atoms with E-state index in [0.29, 0.717) is 45.1 Å². The van der Waals surface area contributed by atoms with Gasteiger partial charge in [-0.1, -0.05) is 0 Å². The zero-order chi connectivity index (χ0) is 26.3. The lowest BCUT2D eigenvalue weighted by Gasteiger charge is -2.43. The van der Waals surface area contributed by atoms with Gasteiger partial charge in [0.15, 0.2) is 0 Å². The Morgan fingerprint density at radius 3 is 2.22 bits per heavy atom. The first-order valence-electron chi connectivity index (χ1n) is 12.5. The van der Waals surface area contributed by atoms with Crippen LogP contribution in [0.1, 0.15) is 12.8 Å². The molecule has 0 spiro atoms. The number of halogens is 2. The Kier molecular flexibility index (Phi) is 8.94. The molecule has 0 N–H and O–H groups in total. The Hall–Kier alpha value is -3.24. The highest BCUT2D eigenvalue weighted by atomic mass is 19.1. The third-order valence-corrected chi connectivity index (χ3v) is 6.68. The van der Waals surface area contributed by atoms with Crippen LogP contribution in [0.2, 0.25) is 0 Å². The largest absolute Gasteiger partial charge is 0.490 e. The first-order chi connectivity index (χ1) is 17.8. The van der Waals surface area contributed by atoms with E-state index in [1.165, 1.54) is 36.4 Å². The summed E-state index contributed by atoms with van der Waals surface area (Å²) < 4.78 is 44.0. The predicted octanol–water partition coefficient (Wildman–Crippen LogP) is 2.72. The molecule has 2 aromatic rings. The summed E-state index contributed by atoms with van der Waals surface area (Å²) in [6.07, 6.45) is 0.299. The van der Waals surface area contributed by atoms with E-state index in [9.17, 15) is 18.4 Å². The van der Waals surface area contributed by atoms with Crippen LogP contribution >= 0.6 is 0 Å². The molecule has 0 aromatic heterocycles. The van der Waals surface area contributed by atoms with Gasteiger partial charge in [-0.3, -0.25) is 9.59 Å². The Bertz CT molecular complexity index is 1050. The van der Waals surface area contributed by atoms with Crippen molar-refractivity contribution < 1.29 is 32.6 Å². The molecule has 0 saturated carbocycles. The number of amides is 2. The molecule has 0 aliphatic carbocycles. The summed E-state index contributed by atoms with van der Waals surface area (Å²) in [5.74, 6) is -0.389. The maximum absolute atomic E-state index is 13.3. The van der Waals surface area contributed by atoms with E-state index in [4.69, 9.17) is 14.2 Å². The molecule has 0 radical (unpaired) electrons. The van der Waals surface area contributed by atoms with E-state index in [0.717, 1.165) is 5.69 Å². The van der Waals surface area contributed by atoms with Crippen LogP contribution in [0.3, 0.4) is 0 Å². The number of hydrogen-bond donors (Lipinski definition) is 0. The van der Waals surface area contributed by atoms with E-state index in [1.54, 1.807) is 21.9 Å². The molecule has 200 valence electrons. The molecule has 2 amide bonds. The van der Waals surface area contributed by atoms with Crippen molar-refractivity contribution in [1.29, 1.82) is 0 Å². The fraction of sp³-hybridized carbons (Fsp3) is 0.481. The van der Waals surface area contributed by atoms with Gasteiger partial charge in [0.2, 0.25) is 11.8 Å². The van der Waals surface area contributed by atoms with Gasteiger partial charge in [-0.15, -0.1) is 0 Å². The third kappa shape index (κ3) is 7.39. The van der Waals surface area contributed by atoms with Crippen molar-refractivity contribution in [2.45, 2.75) is 18.4 Å². The van der Waals surface area contributed by atoms with Gasteiger partial charge in [0.1, 0.15) is 29.6 Å². The second-order valence-electron chi connectivity index (χ2n) is 9.41. The highest BCUT2D eigenvalue weighted by molar-refractivity contribution is 5.79. The molecule has 37 heavy (non-hydrogen) atoms. The first-order valence-corrected chi connectivity index (χ1v) is 12.5. The lowest BCUT2D eigenvalue weighted by molar-refractivity contribution is -0.167. The molecule has 2 aromatic carbocycles. The van der Waals surface area contributed by atoms with Crippen LogP contribution in [0.4, 0.5) is 14.5 Å². The van der Waals surface area contributed by atoms with E-state index in [2.05, 4.69) is 0 Å². The number of rotatable bonds is 9. The van der Waals surface area contributed by atoms with E-state index >= 15 is 0 Å². The maximum Gasteiger partial charge on any atom is 0.225 e. The van der Waals surface area contributed by atoms with Gasteiger partial charge in [-0.05, 0) is 48.5 Å². The van der Waals surface area contributed by atoms with Crippen LogP contribution in [0, 0.1) is 11.6 Å². The average Bonchev–Trinajstić information content (AvgIpc) is 2.92. The van der Waals surface area contributed by atoms with E-state index in [1.807, 2.05) is 11.9 Å². The van der Waals surface area contributed by atoms with Crippen LogP contribution in [-0.2, 0) is 19.1 Å². The summed E-state index contributed by atoms with van der Waals surface area (Å²) in [5, 5.41) is 0. The van der Waals surface area contributed by atoms with Crippen molar-refractivity contribution in [2.75, 3.05) is 71.1 Å². The SMILES string of the molecule is CN(CCC(=O)N1CCO[C@](COc2ccc(F)cc2)(CC(=O)N2CCOCC2)C1)c1ccc(F)cc1. The molecule has 10 heteroatoms. The third-order valence-electron chi connectivity index (χ3n) is 6.68. The molecule has 1 atom stereocenters. The second-order valence-corrected chi connectivity index (χ2v) is 9.41.